The van der Waals surface area contributed by atoms with Crippen LogP contribution >= 0.6 is 11.6 Å². The van der Waals surface area contributed by atoms with Gasteiger partial charge >= 0.3 is 17.1 Å². The topological polar surface area (TPSA) is 75.8 Å². The van der Waals surface area contributed by atoms with Crippen molar-refractivity contribution < 1.29 is 36.4 Å². The normalized spacial score (nSPS) is 42.9. The Kier molecular flexibility index (Phi) is 10.3. The summed E-state index contributed by atoms with van der Waals surface area (Å²) in [5.41, 5.74) is -1.50. The molecule has 4 saturated heterocycles. The highest BCUT2D eigenvalue weighted by Crippen LogP contribution is 2.57. The summed E-state index contributed by atoms with van der Waals surface area (Å²) in [5, 5.41) is 0. The van der Waals surface area contributed by atoms with Crippen molar-refractivity contribution in [1.82, 2.24) is 0 Å². The summed E-state index contributed by atoms with van der Waals surface area (Å²) in [7, 11) is -5.18. The number of hydrogen-bond acceptors (Lipinski definition) is 7. The molecule has 4 fully saturated rings. The van der Waals surface area contributed by atoms with E-state index in [9.17, 15) is 9.18 Å². The van der Waals surface area contributed by atoms with Crippen LogP contribution in [-0.4, -0.2) is 77.4 Å². The van der Waals surface area contributed by atoms with Gasteiger partial charge in [-0.2, -0.15) is 0 Å². The van der Waals surface area contributed by atoms with Gasteiger partial charge in [0.15, 0.2) is 23.1 Å². The molecule has 0 saturated carbocycles. The zero-order valence-corrected chi connectivity index (χ0v) is 28.7. The molecule has 0 aromatic carbocycles. The quantitative estimate of drug-likeness (QED) is 0.142. The Morgan fingerprint density at radius 2 is 1.44 bits per heavy atom. The van der Waals surface area contributed by atoms with Crippen LogP contribution in [0.2, 0.25) is 22.2 Å². The molecule has 0 bridgehead atoms. The van der Waals surface area contributed by atoms with E-state index < -0.39 is 34.5 Å². The first kappa shape index (κ1) is 33.6. The predicted octanol–water partition coefficient (Wildman–Crippen LogP) is 6.79. The number of ether oxygens (including phenoxy) is 3. The molecular weight excluding hydrogens is 559 g/mol. The number of fused-ring (bicyclic) bond motifs is 2. The second-order valence-corrected chi connectivity index (χ2v) is 22.3. The molecule has 4 heterocycles. The molecule has 1 spiro atoms. The summed E-state index contributed by atoms with van der Waals surface area (Å²) in [6.45, 7) is 25.6. The summed E-state index contributed by atoms with van der Waals surface area (Å²) in [5.74, 6) is -0.324. The first-order chi connectivity index (χ1) is 18.0. The van der Waals surface area contributed by atoms with E-state index in [1.54, 1.807) is 13.8 Å². The highest BCUT2D eigenvalue weighted by molar-refractivity contribution is 6.84. The van der Waals surface area contributed by atoms with E-state index >= 15 is 0 Å². The van der Waals surface area contributed by atoms with Crippen LogP contribution in [0.5, 0.6) is 0 Å². The maximum Gasteiger partial charge on any atom is 0.335 e. The number of alkyl halides is 2. The molecule has 0 N–H and O–H groups in total. The number of epoxide rings is 1. The van der Waals surface area contributed by atoms with Crippen molar-refractivity contribution >= 4 is 35.0 Å². The smallest absolute Gasteiger partial charge is 0.335 e. The van der Waals surface area contributed by atoms with Crippen molar-refractivity contribution in [3.8, 4) is 0 Å². The van der Waals surface area contributed by atoms with Crippen molar-refractivity contribution in [2.75, 3.05) is 6.61 Å². The van der Waals surface area contributed by atoms with Crippen LogP contribution in [-0.2, 0) is 32.0 Å². The van der Waals surface area contributed by atoms with E-state index in [0.717, 1.165) is 6.42 Å². The molecule has 0 aliphatic carbocycles. The molecule has 228 valence electrons. The molecule has 11 heteroatoms. The molecule has 0 amide bonds. The van der Waals surface area contributed by atoms with Crippen molar-refractivity contribution in [2.24, 2.45) is 5.92 Å². The third kappa shape index (κ3) is 5.48. The molecule has 7 nitrogen and oxygen atoms in total. The maximum atomic E-state index is 13.8. The van der Waals surface area contributed by atoms with Gasteiger partial charge in [-0.05, 0) is 42.4 Å². The van der Waals surface area contributed by atoms with Crippen LogP contribution in [0.4, 0.5) is 4.39 Å². The molecule has 0 aromatic heterocycles. The lowest BCUT2D eigenvalue weighted by molar-refractivity contribution is -0.122. The molecule has 0 aromatic rings. The number of halogens is 2. The minimum absolute atomic E-state index is 0.114. The van der Waals surface area contributed by atoms with Crippen LogP contribution in [0, 0.1) is 5.92 Å². The fraction of sp³-hybridized carbons (Fsp3) is 0.964. The number of rotatable bonds is 6. The molecule has 4 aliphatic heterocycles. The lowest BCUT2D eigenvalue weighted by atomic mass is 9.86. The van der Waals surface area contributed by atoms with Gasteiger partial charge in [0, 0.05) is 5.92 Å². The Labute approximate surface area is 242 Å². The number of hydrogen-bond donors (Lipinski definition) is 0. The summed E-state index contributed by atoms with van der Waals surface area (Å²) in [4.78, 5) is 10.6. The fourth-order valence-corrected chi connectivity index (χ4v) is 18.5. The summed E-state index contributed by atoms with van der Waals surface area (Å²) < 4.78 is 52.2. The summed E-state index contributed by atoms with van der Waals surface area (Å²) >= 11 is 6.43. The largest absolute Gasteiger partial charge is 0.414 e. The molecule has 39 heavy (non-hydrogen) atoms. The predicted molar refractivity (Wildman–Crippen MR) is 155 cm³/mol. The second-order valence-electron chi connectivity index (χ2n) is 13.1. The van der Waals surface area contributed by atoms with E-state index in [2.05, 4.69) is 55.4 Å². The average Bonchev–Trinajstić information content (AvgIpc) is 3.40. The number of carbonyl (C=O) groups excluding carboxylic acids is 1. The minimum Gasteiger partial charge on any atom is -0.414 e. The zero-order valence-electron chi connectivity index (χ0n) is 26.0. The zero-order chi connectivity index (χ0) is 29.7. The standard InChI is InChI=1S/C19H37ClO5Si2.C9H15FO2/c1-11(2)26(12(3)4)21-10-16-17(19(15(9)22-16)18(20)23-19)24-27(25-26,13(5)6)14(7)8;1-4-8-6(2)9(10,5-11)7(3)12-8/h11-18H,10H2,1-9H3;5-8H,4H2,1-3H3/t15-,16+,17-,18?,19+;6-,7-,8+,9?/m00/s1. The van der Waals surface area contributed by atoms with Gasteiger partial charge in [0.1, 0.15) is 12.2 Å². The van der Waals surface area contributed by atoms with Crippen molar-refractivity contribution in [3.63, 3.8) is 0 Å². The first-order valence-corrected chi connectivity index (χ1v) is 19.2. The van der Waals surface area contributed by atoms with E-state index in [0.29, 0.717) is 24.0 Å². The van der Waals surface area contributed by atoms with Crippen LogP contribution in [0.25, 0.3) is 0 Å². The maximum absolute atomic E-state index is 13.8. The van der Waals surface area contributed by atoms with Gasteiger partial charge in [0.2, 0.25) is 0 Å². The Balaban J connectivity index is 0.000000293. The van der Waals surface area contributed by atoms with Crippen LogP contribution in [0.3, 0.4) is 0 Å². The molecule has 2 unspecified atom stereocenters. The Morgan fingerprint density at radius 3 is 1.79 bits per heavy atom. The van der Waals surface area contributed by atoms with E-state index in [1.807, 2.05) is 13.8 Å². The molecule has 4 aliphatic rings. The lowest BCUT2D eigenvalue weighted by Crippen LogP contribution is -2.66. The third-order valence-corrected chi connectivity index (χ3v) is 20.2. The monoisotopic (exact) mass is 610 g/mol. The van der Waals surface area contributed by atoms with Crippen molar-refractivity contribution in [2.45, 2.75) is 159 Å². The van der Waals surface area contributed by atoms with Crippen LogP contribution in [0.15, 0.2) is 0 Å². The number of aldehydes is 1. The van der Waals surface area contributed by atoms with E-state index in [4.69, 9.17) is 38.8 Å². The van der Waals surface area contributed by atoms with Gasteiger partial charge in [-0.15, -0.1) is 0 Å². The molecule has 0 radical (unpaired) electrons. The summed E-state index contributed by atoms with van der Waals surface area (Å²) in [6, 6.07) is 0. The Bertz CT molecular complexity index is 848. The van der Waals surface area contributed by atoms with Crippen molar-refractivity contribution in [3.05, 3.63) is 0 Å². The molecule has 9 atom stereocenters. The molecule has 4 rings (SSSR count). The van der Waals surface area contributed by atoms with E-state index in [-0.39, 0.29) is 47.0 Å². The first-order valence-electron chi connectivity index (χ1n) is 14.8. The number of carbonyl (C=O) groups is 1. The van der Waals surface area contributed by atoms with Gasteiger partial charge in [-0.1, -0.05) is 80.8 Å². The minimum atomic E-state index is -2.66. The van der Waals surface area contributed by atoms with Gasteiger partial charge in [0.05, 0.1) is 24.9 Å². The fourth-order valence-electron chi connectivity index (χ4n) is 6.79. The SMILES string of the molecule is CC(C)[Si]1(C(C)C)OC[C@H]2O[C@@H](C)[C@@]3(OC3Cl)[C@H]2O[Si](C(C)C)(C(C)C)O1.CC[C@H]1O[C@@H](C)C(F)(C=O)[C@H]1C. The van der Waals surface area contributed by atoms with Gasteiger partial charge in [-0.25, -0.2) is 4.39 Å². The Hall–Kier alpha value is 0.0838. The summed E-state index contributed by atoms with van der Waals surface area (Å²) in [6.07, 6.45) is -0.0931. The van der Waals surface area contributed by atoms with Gasteiger partial charge in [0.25, 0.3) is 0 Å². The highest BCUT2D eigenvalue weighted by Gasteiger charge is 2.74. The Morgan fingerprint density at radius 1 is 0.923 bits per heavy atom. The lowest BCUT2D eigenvalue weighted by Gasteiger charge is -2.51. The van der Waals surface area contributed by atoms with E-state index in [1.165, 1.54) is 0 Å². The van der Waals surface area contributed by atoms with Gasteiger partial charge < -0.3 is 27.2 Å². The van der Waals surface area contributed by atoms with Crippen LogP contribution < -0.4 is 0 Å². The van der Waals surface area contributed by atoms with Gasteiger partial charge in [-0.3, -0.25) is 4.79 Å². The van der Waals surface area contributed by atoms with Crippen molar-refractivity contribution in [1.29, 1.82) is 0 Å². The second kappa shape index (κ2) is 12.0. The highest BCUT2D eigenvalue weighted by atomic mass is 35.5. The third-order valence-electron chi connectivity index (χ3n) is 9.56. The van der Waals surface area contributed by atoms with Crippen LogP contribution in [0.1, 0.15) is 89.5 Å². The molecular formula is C28H52ClFO7Si2. The average molecular weight is 611 g/mol.